The van der Waals surface area contributed by atoms with Crippen molar-refractivity contribution in [1.29, 1.82) is 0 Å². The first-order valence-corrected chi connectivity index (χ1v) is 6.07. The fraction of sp³-hybridized carbons (Fsp3) is 0.917. The molecule has 88 valence electrons. The van der Waals surface area contributed by atoms with E-state index in [0.717, 1.165) is 18.9 Å². The number of hydrogen-bond acceptors (Lipinski definition) is 2. The molecule has 0 radical (unpaired) electrons. The maximum Gasteiger partial charge on any atom is 0.239 e. The Morgan fingerprint density at radius 2 is 2.00 bits per heavy atom. The van der Waals surface area contributed by atoms with Crippen LogP contribution >= 0.6 is 0 Å². The number of carbonyl (C=O) groups excluding carboxylic acids is 1. The molecular formula is C12H24N2O. The van der Waals surface area contributed by atoms with Crippen molar-refractivity contribution in [3.8, 4) is 0 Å². The minimum absolute atomic E-state index is 0.0473. The number of hydrogen-bond donors (Lipinski definition) is 2. The van der Waals surface area contributed by atoms with Crippen LogP contribution in [0.5, 0.6) is 0 Å². The monoisotopic (exact) mass is 212 g/mol. The van der Waals surface area contributed by atoms with Gasteiger partial charge in [-0.2, -0.15) is 0 Å². The predicted octanol–water partition coefficient (Wildman–Crippen LogP) is 1.81. The number of amides is 1. The van der Waals surface area contributed by atoms with Crippen molar-refractivity contribution in [3.63, 3.8) is 0 Å². The zero-order valence-corrected chi connectivity index (χ0v) is 10.0. The average Bonchev–Trinajstić information content (AvgIpc) is 2.63. The maximum atomic E-state index is 11.4. The Morgan fingerprint density at radius 1 is 1.40 bits per heavy atom. The molecule has 1 rings (SSSR count). The molecule has 1 saturated carbocycles. The van der Waals surface area contributed by atoms with Crippen LogP contribution in [0.2, 0.25) is 0 Å². The highest BCUT2D eigenvalue weighted by Crippen LogP contribution is 2.28. The van der Waals surface area contributed by atoms with E-state index in [0.29, 0.717) is 0 Å². The first-order chi connectivity index (χ1) is 7.00. The van der Waals surface area contributed by atoms with Crippen LogP contribution in [0.4, 0.5) is 0 Å². The Morgan fingerprint density at radius 3 is 2.53 bits per heavy atom. The van der Waals surface area contributed by atoms with Crippen molar-refractivity contribution in [3.05, 3.63) is 0 Å². The molecule has 0 aliphatic heterocycles. The van der Waals surface area contributed by atoms with Gasteiger partial charge in [-0.1, -0.05) is 25.7 Å². The van der Waals surface area contributed by atoms with E-state index in [1.165, 1.54) is 32.1 Å². The minimum Gasteiger partial charge on any atom is -0.355 e. The number of nitrogens with one attached hydrogen (secondary N) is 1. The number of rotatable bonds is 5. The highest BCUT2D eigenvalue weighted by Gasteiger charge is 2.21. The van der Waals surface area contributed by atoms with Crippen molar-refractivity contribution in [2.45, 2.75) is 57.9 Å². The summed E-state index contributed by atoms with van der Waals surface area (Å²) < 4.78 is 0. The smallest absolute Gasteiger partial charge is 0.239 e. The topological polar surface area (TPSA) is 55.1 Å². The van der Waals surface area contributed by atoms with Gasteiger partial charge < -0.3 is 11.1 Å². The Balaban J connectivity index is 2.03. The largest absolute Gasteiger partial charge is 0.355 e. The van der Waals surface area contributed by atoms with E-state index in [9.17, 15) is 4.79 Å². The van der Waals surface area contributed by atoms with Gasteiger partial charge in [0.05, 0.1) is 5.54 Å². The molecule has 3 nitrogen and oxygen atoms in total. The van der Waals surface area contributed by atoms with E-state index in [1.54, 1.807) is 13.8 Å². The van der Waals surface area contributed by atoms with E-state index >= 15 is 0 Å². The standard InChI is InChI=1S/C12H24N2O/c1-12(2,13)11(15)14-9-5-8-10-6-3-4-7-10/h10H,3-9,13H2,1-2H3,(H,14,15). The van der Waals surface area contributed by atoms with Crippen LogP contribution in [0, 0.1) is 5.92 Å². The Hall–Kier alpha value is -0.570. The summed E-state index contributed by atoms with van der Waals surface area (Å²) in [5, 5.41) is 2.88. The maximum absolute atomic E-state index is 11.4. The van der Waals surface area contributed by atoms with Crippen LogP contribution < -0.4 is 11.1 Å². The van der Waals surface area contributed by atoms with Crippen molar-refractivity contribution in [2.75, 3.05) is 6.54 Å². The van der Waals surface area contributed by atoms with Gasteiger partial charge in [-0.25, -0.2) is 0 Å². The third-order valence-electron chi connectivity index (χ3n) is 3.13. The van der Waals surface area contributed by atoms with Crippen molar-refractivity contribution < 1.29 is 4.79 Å². The number of carbonyl (C=O) groups is 1. The van der Waals surface area contributed by atoms with Crippen molar-refractivity contribution in [2.24, 2.45) is 11.7 Å². The van der Waals surface area contributed by atoms with Gasteiger partial charge in [0.2, 0.25) is 5.91 Å². The van der Waals surface area contributed by atoms with Gasteiger partial charge in [0.1, 0.15) is 0 Å². The molecule has 0 bridgehead atoms. The van der Waals surface area contributed by atoms with E-state index in [1.807, 2.05) is 0 Å². The summed E-state index contributed by atoms with van der Waals surface area (Å²) in [7, 11) is 0. The Labute approximate surface area is 92.8 Å². The van der Waals surface area contributed by atoms with Crippen LogP contribution in [0.3, 0.4) is 0 Å². The summed E-state index contributed by atoms with van der Waals surface area (Å²) in [4.78, 5) is 11.4. The van der Waals surface area contributed by atoms with Gasteiger partial charge in [-0.3, -0.25) is 4.79 Å². The zero-order chi connectivity index (χ0) is 11.3. The summed E-state index contributed by atoms with van der Waals surface area (Å²) in [6.07, 6.45) is 7.91. The molecule has 1 aliphatic carbocycles. The summed E-state index contributed by atoms with van der Waals surface area (Å²) in [6.45, 7) is 4.24. The molecule has 0 atom stereocenters. The molecule has 1 aliphatic rings. The highest BCUT2D eigenvalue weighted by molar-refractivity contribution is 5.84. The van der Waals surface area contributed by atoms with Crippen molar-refractivity contribution in [1.82, 2.24) is 5.32 Å². The minimum atomic E-state index is -0.743. The second-order valence-corrected chi connectivity index (χ2v) is 5.27. The fourth-order valence-corrected chi connectivity index (χ4v) is 2.12. The summed E-state index contributed by atoms with van der Waals surface area (Å²) >= 11 is 0. The van der Waals surface area contributed by atoms with Crippen LogP contribution in [-0.2, 0) is 4.79 Å². The lowest BCUT2D eigenvalue weighted by Gasteiger charge is -2.18. The zero-order valence-electron chi connectivity index (χ0n) is 10.0. The molecule has 0 unspecified atom stereocenters. The van der Waals surface area contributed by atoms with Crippen LogP contribution in [0.1, 0.15) is 52.4 Å². The summed E-state index contributed by atoms with van der Waals surface area (Å²) in [5.74, 6) is 0.863. The van der Waals surface area contributed by atoms with Gasteiger partial charge >= 0.3 is 0 Å². The average molecular weight is 212 g/mol. The lowest BCUT2D eigenvalue weighted by Crippen LogP contribution is -2.49. The first kappa shape index (κ1) is 12.5. The summed E-state index contributed by atoms with van der Waals surface area (Å²) in [5.41, 5.74) is 4.93. The molecule has 0 spiro atoms. The van der Waals surface area contributed by atoms with Crippen molar-refractivity contribution >= 4 is 5.91 Å². The van der Waals surface area contributed by atoms with Gasteiger partial charge in [-0.15, -0.1) is 0 Å². The Bertz CT molecular complexity index is 202. The fourth-order valence-electron chi connectivity index (χ4n) is 2.12. The lowest BCUT2D eigenvalue weighted by atomic mass is 10.0. The quantitative estimate of drug-likeness (QED) is 0.683. The normalized spacial score (nSPS) is 18.1. The van der Waals surface area contributed by atoms with Gasteiger partial charge in [-0.05, 0) is 32.6 Å². The van der Waals surface area contributed by atoms with Gasteiger partial charge in [0.15, 0.2) is 0 Å². The molecule has 3 heteroatoms. The Kier molecular flexibility index (Phi) is 4.58. The van der Waals surface area contributed by atoms with E-state index in [4.69, 9.17) is 5.73 Å². The SMILES string of the molecule is CC(C)(N)C(=O)NCCCC1CCCC1. The van der Waals surface area contributed by atoms with E-state index in [2.05, 4.69) is 5.32 Å². The van der Waals surface area contributed by atoms with Gasteiger partial charge in [0.25, 0.3) is 0 Å². The molecule has 0 aromatic heterocycles. The van der Waals surface area contributed by atoms with Gasteiger partial charge in [0, 0.05) is 6.54 Å². The molecule has 15 heavy (non-hydrogen) atoms. The molecule has 3 N–H and O–H groups in total. The third-order valence-corrected chi connectivity index (χ3v) is 3.13. The summed E-state index contributed by atoms with van der Waals surface area (Å²) in [6, 6.07) is 0. The molecular weight excluding hydrogens is 188 g/mol. The first-order valence-electron chi connectivity index (χ1n) is 6.07. The van der Waals surface area contributed by atoms with Crippen LogP contribution in [0.25, 0.3) is 0 Å². The molecule has 1 fully saturated rings. The highest BCUT2D eigenvalue weighted by atomic mass is 16.2. The lowest BCUT2D eigenvalue weighted by molar-refractivity contribution is -0.125. The van der Waals surface area contributed by atoms with E-state index < -0.39 is 5.54 Å². The molecule has 0 aromatic carbocycles. The van der Waals surface area contributed by atoms with Crippen LogP contribution in [0.15, 0.2) is 0 Å². The predicted molar refractivity (Wildman–Crippen MR) is 62.5 cm³/mol. The molecule has 1 amide bonds. The number of nitrogens with two attached hydrogens (primary N) is 1. The molecule has 0 aromatic rings. The second-order valence-electron chi connectivity index (χ2n) is 5.27. The molecule has 0 heterocycles. The van der Waals surface area contributed by atoms with E-state index in [-0.39, 0.29) is 5.91 Å². The second kappa shape index (κ2) is 5.50. The van der Waals surface area contributed by atoms with Crippen LogP contribution in [-0.4, -0.2) is 18.0 Å². The third kappa shape index (κ3) is 4.65. The molecule has 0 saturated heterocycles.